The van der Waals surface area contributed by atoms with Gasteiger partial charge in [-0.25, -0.2) is 9.97 Å². The smallest absolute Gasteiger partial charge is 0.310 e. The summed E-state index contributed by atoms with van der Waals surface area (Å²) in [6.07, 6.45) is 1.84. The van der Waals surface area contributed by atoms with Gasteiger partial charge in [0.25, 0.3) is 0 Å². The summed E-state index contributed by atoms with van der Waals surface area (Å²) in [5, 5.41) is 1.05. The monoisotopic (exact) mass is 439 g/mol. The average molecular weight is 440 g/mol. The number of aryl methyl sites for hydroxylation is 1. The summed E-state index contributed by atoms with van der Waals surface area (Å²) in [4.78, 5) is 40.3. The first kappa shape index (κ1) is 22.5. The fraction of sp³-hybridized carbons (Fsp3) is 0.583. The summed E-state index contributed by atoms with van der Waals surface area (Å²) in [5.41, 5.74) is 2.10. The lowest BCUT2D eigenvalue weighted by Gasteiger charge is -2.36. The zero-order valence-corrected chi connectivity index (χ0v) is 19.3. The number of benzene rings is 1. The van der Waals surface area contributed by atoms with Gasteiger partial charge in [0.15, 0.2) is 0 Å². The molecule has 172 valence electrons. The van der Waals surface area contributed by atoms with Crippen LogP contribution < -0.4 is 4.90 Å². The van der Waals surface area contributed by atoms with E-state index < -0.39 is 0 Å². The molecule has 3 heterocycles. The standard InChI is InChI=1S/C24H33N5O3/c1-4-32-24(31)19-8-6-10-27(15-19)16-21-25-22-17(2)7-5-9-20(22)23(26-21)29-13-11-28(12-14-29)18(3)30/h5,7,9,19H,4,6,8,10-16H2,1-3H3. The quantitative estimate of drug-likeness (QED) is 0.662. The number of rotatable bonds is 5. The molecule has 1 unspecified atom stereocenters. The Morgan fingerprint density at radius 2 is 1.91 bits per heavy atom. The predicted octanol–water partition coefficient (Wildman–Crippen LogP) is 2.38. The first-order chi connectivity index (χ1) is 15.5. The number of likely N-dealkylation sites (tertiary alicyclic amines) is 1. The van der Waals surface area contributed by atoms with Crippen LogP contribution in [-0.2, 0) is 20.9 Å². The van der Waals surface area contributed by atoms with Crippen molar-refractivity contribution in [1.29, 1.82) is 0 Å². The van der Waals surface area contributed by atoms with Crippen molar-refractivity contribution in [2.45, 2.75) is 40.2 Å². The molecule has 2 fully saturated rings. The molecule has 4 rings (SSSR count). The van der Waals surface area contributed by atoms with Crippen molar-refractivity contribution in [3.05, 3.63) is 29.6 Å². The second kappa shape index (κ2) is 9.81. The second-order valence-corrected chi connectivity index (χ2v) is 8.75. The highest BCUT2D eigenvalue weighted by molar-refractivity contribution is 5.91. The minimum atomic E-state index is -0.100. The molecule has 0 spiro atoms. The molecular weight excluding hydrogens is 406 g/mol. The van der Waals surface area contributed by atoms with E-state index in [-0.39, 0.29) is 17.8 Å². The van der Waals surface area contributed by atoms with Crippen molar-refractivity contribution in [2.24, 2.45) is 5.92 Å². The fourth-order valence-corrected chi connectivity index (χ4v) is 4.72. The van der Waals surface area contributed by atoms with Gasteiger partial charge in [-0.2, -0.15) is 0 Å². The van der Waals surface area contributed by atoms with Crippen LogP contribution in [0.25, 0.3) is 10.9 Å². The summed E-state index contributed by atoms with van der Waals surface area (Å²) < 4.78 is 5.25. The van der Waals surface area contributed by atoms with Gasteiger partial charge in [-0.1, -0.05) is 12.1 Å². The van der Waals surface area contributed by atoms with Crippen LogP contribution in [0.3, 0.4) is 0 Å². The van der Waals surface area contributed by atoms with E-state index in [2.05, 4.69) is 28.9 Å². The molecule has 1 amide bonds. The number of piperidine rings is 1. The van der Waals surface area contributed by atoms with E-state index >= 15 is 0 Å². The maximum Gasteiger partial charge on any atom is 0.310 e. The predicted molar refractivity (Wildman–Crippen MR) is 123 cm³/mol. The number of nitrogens with zero attached hydrogens (tertiary/aromatic N) is 5. The zero-order chi connectivity index (χ0) is 22.7. The number of fused-ring (bicyclic) bond motifs is 1. The van der Waals surface area contributed by atoms with Crippen LogP contribution >= 0.6 is 0 Å². The number of hydrogen-bond donors (Lipinski definition) is 0. The van der Waals surface area contributed by atoms with Gasteiger partial charge in [-0.3, -0.25) is 14.5 Å². The number of carbonyl (C=O) groups is 2. The van der Waals surface area contributed by atoms with Gasteiger partial charge >= 0.3 is 5.97 Å². The summed E-state index contributed by atoms with van der Waals surface area (Å²) in [7, 11) is 0. The van der Waals surface area contributed by atoms with Crippen molar-refractivity contribution in [1.82, 2.24) is 19.8 Å². The van der Waals surface area contributed by atoms with Gasteiger partial charge in [0, 0.05) is 45.0 Å². The van der Waals surface area contributed by atoms with E-state index in [4.69, 9.17) is 14.7 Å². The number of aromatic nitrogens is 2. The lowest BCUT2D eigenvalue weighted by atomic mass is 9.98. The Morgan fingerprint density at radius 1 is 1.12 bits per heavy atom. The summed E-state index contributed by atoms with van der Waals surface area (Å²) in [5.74, 6) is 1.66. The van der Waals surface area contributed by atoms with Crippen LogP contribution in [0.5, 0.6) is 0 Å². The topological polar surface area (TPSA) is 78.9 Å². The number of carbonyl (C=O) groups excluding carboxylic acids is 2. The molecule has 8 heteroatoms. The Hall–Kier alpha value is -2.74. The minimum Gasteiger partial charge on any atom is -0.466 e. The first-order valence-corrected chi connectivity index (χ1v) is 11.6. The summed E-state index contributed by atoms with van der Waals surface area (Å²) >= 11 is 0. The van der Waals surface area contributed by atoms with Crippen LogP contribution in [0, 0.1) is 12.8 Å². The van der Waals surface area contributed by atoms with Crippen molar-refractivity contribution in [3.63, 3.8) is 0 Å². The zero-order valence-electron chi connectivity index (χ0n) is 19.3. The third-order valence-corrected chi connectivity index (χ3v) is 6.47. The lowest BCUT2D eigenvalue weighted by molar-refractivity contribution is -0.150. The Morgan fingerprint density at radius 3 is 2.62 bits per heavy atom. The highest BCUT2D eigenvalue weighted by Crippen LogP contribution is 2.28. The Kier molecular flexibility index (Phi) is 6.89. The molecule has 0 saturated carbocycles. The van der Waals surface area contributed by atoms with Crippen LogP contribution in [0.2, 0.25) is 0 Å². The Labute approximate surface area is 189 Å². The molecule has 8 nitrogen and oxygen atoms in total. The number of piperazine rings is 1. The maximum atomic E-state index is 12.2. The fourth-order valence-electron chi connectivity index (χ4n) is 4.72. The lowest BCUT2D eigenvalue weighted by Crippen LogP contribution is -2.48. The van der Waals surface area contributed by atoms with Crippen molar-refractivity contribution in [2.75, 3.05) is 50.8 Å². The molecule has 2 aromatic rings. The largest absolute Gasteiger partial charge is 0.466 e. The highest BCUT2D eigenvalue weighted by Gasteiger charge is 2.28. The van der Waals surface area contributed by atoms with Crippen molar-refractivity contribution in [3.8, 4) is 0 Å². The van der Waals surface area contributed by atoms with E-state index in [1.54, 1.807) is 6.92 Å². The van der Waals surface area contributed by atoms with E-state index in [0.717, 1.165) is 60.6 Å². The van der Waals surface area contributed by atoms with Gasteiger partial charge in [-0.05, 0) is 44.9 Å². The molecular formula is C24H33N5O3. The number of anilines is 1. The van der Waals surface area contributed by atoms with E-state index in [1.165, 1.54) is 0 Å². The van der Waals surface area contributed by atoms with Gasteiger partial charge in [-0.15, -0.1) is 0 Å². The average Bonchev–Trinajstić information content (AvgIpc) is 2.79. The highest BCUT2D eigenvalue weighted by atomic mass is 16.5. The molecule has 2 aliphatic heterocycles. The second-order valence-electron chi connectivity index (χ2n) is 8.75. The maximum absolute atomic E-state index is 12.2. The molecule has 2 saturated heterocycles. The molecule has 0 N–H and O–H groups in total. The molecule has 1 aromatic carbocycles. The number of para-hydroxylation sites is 1. The van der Waals surface area contributed by atoms with E-state index in [0.29, 0.717) is 32.8 Å². The van der Waals surface area contributed by atoms with Crippen LogP contribution in [0.4, 0.5) is 5.82 Å². The number of amides is 1. The normalized spacial score (nSPS) is 19.9. The van der Waals surface area contributed by atoms with E-state index in [1.807, 2.05) is 17.9 Å². The van der Waals surface area contributed by atoms with Crippen LogP contribution in [-0.4, -0.2) is 77.5 Å². The molecule has 32 heavy (non-hydrogen) atoms. The van der Waals surface area contributed by atoms with Gasteiger partial charge < -0.3 is 14.5 Å². The summed E-state index contributed by atoms with van der Waals surface area (Å²) in [6, 6.07) is 6.20. The van der Waals surface area contributed by atoms with E-state index in [9.17, 15) is 9.59 Å². The number of esters is 1. The number of ether oxygens (including phenoxy) is 1. The van der Waals surface area contributed by atoms with Gasteiger partial charge in [0.05, 0.1) is 24.6 Å². The molecule has 1 atom stereocenters. The SMILES string of the molecule is CCOC(=O)C1CCCN(Cc2nc(N3CCN(C(C)=O)CC3)c3cccc(C)c3n2)C1. The van der Waals surface area contributed by atoms with Crippen molar-refractivity contribution < 1.29 is 14.3 Å². The minimum absolute atomic E-state index is 0.0787. The summed E-state index contributed by atoms with van der Waals surface area (Å²) in [6.45, 7) is 11.1. The third kappa shape index (κ3) is 4.85. The first-order valence-electron chi connectivity index (χ1n) is 11.6. The van der Waals surface area contributed by atoms with Gasteiger partial charge in [0.1, 0.15) is 11.6 Å². The molecule has 0 radical (unpaired) electrons. The molecule has 1 aromatic heterocycles. The Bertz CT molecular complexity index is 987. The molecule has 2 aliphatic rings. The van der Waals surface area contributed by atoms with Crippen LogP contribution in [0.1, 0.15) is 38.1 Å². The molecule has 0 aliphatic carbocycles. The van der Waals surface area contributed by atoms with Gasteiger partial charge in [0.2, 0.25) is 5.91 Å². The third-order valence-electron chi connectivity index (χ3n) is 6.47. The number of hydrogen-bond acceptors (Lipinski definition) is 7. The van der Waals surface area contributed by atoms with Crippen molar-refractivity contribution >= 4 is 28.6 Å². The van der Waals surface area contributed by atoms with Crippen LogP contribution in [0.15, 0.2) is 18.2 Å². The molecule has 0 bridgehead atoms. The Balaban J connectivity index is 1.58.